The Balaban J connectivity index is 1.82. The maximum Gasteiger partial charge on any atom is 0.226 e. The molecule has 0 aliphatic carbocycles. The summed E-state index contributed by atoms with van der Waals surface area (Å²) in [6.45, 7) is 3.03. The SMILES string of the molecule is CCCS(=O)(=O)NC1CCN(C(=O)Cc2ccc(N)cc2)CC1. The van der Waals surface area contributed by atoms with Crippen molar-refractivity contribution in [3.8, 4) is 0 Å². The van der Waals surface area contributed by atoms with E-state index in [-0.39, 0.29) is 17.7 Å². The average molecular weight is 339 g/mol. The zero-order chi connectivity index (χ0) is 16.9. The molecule has 2 rings (SSSR count). The minimum atomic E-state index is -3.19. The molecular formula is C16H25N3O3S. The second-order valence-corrected chi connectivity index (χ2v) is 7.88. The molecule has 1 aliphatic heterocycles. The number of amides is 1. The number of nitrogens with two attached hydrogens (primary N) is 1. The van der Waals surface area contributed by atoms with Gasteiger partial charge in [-0.15, -0.1) is 0 Å². The van der Waals surface area contributed by atoms with E-state index in [1.54, 1.807) is 17.0 Å². The Kier molecular flexibility index (Phi) is 6.01. The Morgan fingerprint density at radius 1 is 1.26 bits per heavy atom. The predicted molar refractivity (Wildman–Crippen MR) is 91.4 cm³/mol. The van der Waals surface area contributed by atoms with E-state index in [1.165, 1.54) is 0 Å². The number of anilines is 1. The molecule has 23 heavy (non-hydrogen) atoms. The van der Waals surface area contributed by atoms with Crippen molar-refractivity contribution in [2.45, 2.75) is 38.6 Å². The lowest BCUT2D eigenvalue weighted by atomic mass is 10.0. The van der Waals surface area contributed by atoms with Crippen LogP contribution in [0.4, 0.5) is 5.69 Å². The summed E-state index contributed by atoms with van der Waals surface area (Å²) >= 11 is 0. The fourth-order valence-electron chi connectivity index (χ4n) is 2.75. The first-order valence-electron chi connectivity index (χ1n) is 8.02. The summed E-state index contributed by atoms with van der Waals surface area (Å²) in [4.78, 5) is 14.1. The van der Waals surface area contributed by atoms with Crippen LogP contribution in [0.1, 0.15) is 31.7 Å². The van der Waals surface area contributed by atoms with Crippen molar-refractivity contribution in [2.75, 3.05) is 24.6 Å². The van der Waals surface area contributed by atoms with E-state index in [4.69, 9.17) is 5.73 Å². The van der Waals surface area contributed by atoms with Crippen LogP contribution < -0.4 is 10.5 Å². The zero-order valence-electron chi connectivity index (χ0n) is 13.5. The van der Waals surface area contributed by atoms with E-state index in [9.17, 15) is 13.2 Å². The number of sulfonamides is 1. The third kappa shape index (κ3) is 5.51. The van der Waals surface area contributed by atoms with Gasteiger partial charge in [0.05, 0.1) is 12.2 Å². The fourth-order valence-corrected chi connectivity index (χ4v) is 4.15. The molecule has 0 bridgehead atoms. The highest BCUT2D eigenvalue weighted by Gasteiger charge is 2.25. The van der Waals surface area contributed by atoms with Gasteiger partial charge in [0.25, 0.3) is 0 Å². The zero-order valence-corrected chi connectivity index (χ0v) is 14.3. The molecule has 6 nitrogen and oxygen atoms in total. The Bertz CT molecular complexity index is 620. The van der Waals surface area contributed by atoms with Crippen LogP contribution in [0.3, 0.4) is 0 Å². The molecule has 0 spiro atoms. The Morgan fingerprint density at radius 2 is 1.87 bits per heavy atom. The van der Waals surface area contributed by atoms with Crippen molar-refractivity contribution < 1.29 is 13.2 Å². The van der Waals surface area contributed by atoms with Crippen LogP contribution in [-0.2, 0) is 21.2 Å². The standard InChI is InChI=1S/C16H25N3O3S/c1-2-11-23(21,22)18-15-7-9-19(10-8-15)16(20)12-13-3-5-14(17)6-4-13/h3-6,15,18H,2,7-12,17H2,1H3. The van der Waals surface area contributed by atoms with Gasteiger partial charge >= 0.3 is 0 Å². The van der Waals surface area contributed by atoms with Crippen LogP contribution in [-0.4, -0.2) is 44.1 Å². The lowest BCUT2D eigenvalue weighted by Crippen LogP contribution is -2.47. The topological polar surface area (TPSA) is 92.5 Å². The number of nitrogen functional groups attached to an aromatic ring is 1. The summed E-state index contributed by atoms with van der Waals surface area (Å²) in [7, 11) is -3.19. The molecule has 128 valence electrons. The van der Waals surface area contributed by atoms with Gasteiger partial charge in [-0.2, -0.15) is 0 Å². The molecule has 1 heterocycles. The molecule has 0 radical (unpaired) electrons. The number of rotatable bonds is 6. The Labute approximate surface area is 138 Å². The van der Waals surface area contributed by atoms with E-state index in [0.717, 1.165) is 5.56 Å². The monoisotopic (exact) mass is 339 g/mol. The first-order chi connectivity index (χ1) is 10.9. The second-order valence-electron chi connectivity index (χ2n) is 6.01. The van der Waals surface area contributed by atoms with Crippen LogP contribution >= 0.6 is 0 Å². The number of likely N-dealkylation sites (tertiary alicyclic amines) is 1. The van der Waals surface area contributed by atoms with Crippen molar-refractivity contribution in [3.63, 3.8) is 0 Å². The Morgan fingerprint density at radius 3 is 2.43 bits per heavy atom. The number of nitrogens with zero attached hydrogens (tertiary/aromatic N) is 1. The van der Waals surface area contributed by atoms with E-state index < -0.39 is 10.0 Å². The quantitative estimate of drug-likeness (QED) is 0.760. The molecule has 1 fully saturated rings. The molecule has 7 heteroatoms. The number of hydrogen-bond donors (Lipinski definition) is 2. The molecule has 1 aliphatic rings. The highest BCUT2D eigenvalue weighted by Crippen LogP contribution is 2.14. The summed E-state index contributed by atoms with van der Waals surface area (Å²) < 4.78 is 26.3. The number of piperidine rings is 1. The first kappa shape index (κ1) is 17.7. The smallest absolute Gasteiger partial charge is 0.226 e. The van der Waals surface area contributed by atoms with Gasteiger partial charge in [-0.25, -0.2) is 13.1 Å². The van der Waals surface area contributed by atoms with Crippen LogP contribution in [0, 0.1) is 0 Å². The van der Waals surface area contributed by atoms with Crippen molar-refractivity contribution >= 4 is 21.6 Å². The summed E-state index contributed by atoms with van der Waals surface area (Å²) in [5.41, 5.74) is 7.26. The van der Waals surface area contributed by atoms with Crippen LogP contribution in [0.5, 0.6) is 0 Å². The van der Waals surface area contributed by atoms with Gasteiger partial charge in [0.15, 0.2) is 0 Å². The summed E-state index contributed by atoms with van der Waals surface area (Å²) in [5.74, 6) is 0.230. The molecular weight excluding hydrogens is 314 g/mol. The average Bonchev–Trinajstić information content (AvgIpc) is 2.49. The predicted octanol–water partition coefficient (Wildman–Crippen LogP) is 1.13. The van der Waals surface area contributed by atoms with E-state index in [2.05, 4.69) is 4.72 Å². The molecule has 1 aromatic rings. The summed E-state index contributed by atoms with van der Waals surface area (Å²) in [6, 6.07) is 7.24. The first-order valence-corrected chi connectivity index (χ1v) is 9.67. The van der Waals surface area contributed by atoms with Crippen LogP contribution in [0.2, 0.25) is 0 Å². The highest BCUT2D eigenvalue weighted by atomic mass is 32.2. The molecule has 0 unspecified atom stereocenters. The van der Waals surface area contributed by atoms with Gasteiger partial charge in [-0.05, 0) is 37.0 Å². The molecule has 1 aromatic carbocycles. The summed E-state index contributed by atoms with van der Waals surface area (Å²) in [5, 5.41) is 0. The van der Waals surface area contributed by atoms with Crippen molar-refractivity contribution in [1.82, 2.24) is 9.62 Å². The lowest BCUT2D eigenvalue weighted by molar-refractivity contribution is -0.131. The largest absolute Gasteiger partial charge is 0.399 e. The summed E-state index contributed by atoms with van der Waals surface area (Å²) in [6.07, 6.45) is 2.29. The van der Waals surface area contributed by atoms with Crippen LogP contribution in [0.25, 0.3) is 0 Å². The minimum absolute atomic E-state index is 0.0628. The van der Waals surface area contributed by atoms with Gasteiger partial charge in [0, 0.05) is 24.8 Å². The molecule has 1 amide bonds. The van der Waals surface area contributed by atoms with E-state index in [1.807, 2.05) is 19.1 Å². The minimum Gasteiger partial charge on any atom is -0.399 e. The number of carbonyl (C=O) groups excluding carboxylic acids is 1. The fraction of sp³-hybridized carbons (Fsp3) is 0.562. The number of hydrogen-bond acceptors (Lipinski definition) is 4. The van der Waals surface area contributed by atoms with Gasteiger partial charge in [0.1, 0.15) is 0 Å². The van der Waals surface area contributed by atoms with Crippen molar-refractivity contribution in [2.24, 2.45) is 0 Å². The highest BCUT2D eigenvalue weighted by molar-refractivity contribution is 7.89. The van der Waals surface area contributed by atoms with Crippen LogP contribution in [0.15, 0.2) is 24.3 Å². The van der Waals surface area contributed by atoms with Crippen molar-refractivity contribution in [3.05, 3.63) is 29.8 Å². The lowest BCUT2D eigenvalue weighted by Gasteiger charge is -2.32. The third-order valence-electron chi connectivity index (χ3n) is 4.00. The Hall–Kier alpha value is -1.60. The normalized spacial score (nSPS) is 16.5. The third-order valence-corrected chi connectivity index (χ3v) is 5.64. The molecule has 0 atom stereocenters. The maximum absolute atomic E-state index is 12.3. The van der Waals surface area contributed by atoms with Gasteiger partial charge in [0.2, 0.25) is 15.9 Å². The van der Waals surface area contributed by atoms with Gasteiger partial charge in [-0.1, -0.05) is 19.1 Å². The molecule has 0 saturated carbocycles. The molecule has 3 N–H and O–H groups in total. The van der Waals surface area contributed by atoms with Gasteiger partial charge in [-0.3, -0.25) is 4.79 Å². The number of carbonyl (C=O) groups is 1. The van der Waals surface area contributed by atoms with Gasteiger partial charge < -0.3 is 10.6 Å². The number of benzene rings is 1. The van der Waals surface area contributed by atoms with E-state index in [0.29, 0.717) is 44.5 Å². The van der Waals surface area contributed by atoms with Crippen molar-refractivity contribution in [1.29, 1.82) is 0 Å². The maximum atomic E-state index is 12.3. The molecule has 0 aromatic heterocycles. The van der Waals surface area contributed by atoms with E-state index >= 15 is 0 Å². The number of nitrogens with one attached hydrogen (secondary N) is 1. The second kappa shape index (κ2) is 7.79. The molecule has 1 saturated heterocycles.